The zero-order valence-corrected chi connectivity index (χ0v) is 14.2. The monoisotopic (exact) mass is 312 g/mol. The fraction of sp³-hybridized carbons (Fsp3) is 1.00. The lowest BCUT2D eigenvalue weighted by Crippen LogP contribution is -2.43. The smallest absolute Gasteiger partial charge is 0.214 e. The Morgan fingerprint density at radius 1 is 1.21 bits per heavy atom. The van der Waals surface area contributed by atoms with Crippen LogP contribution in [0.4, 0.5) is 0 Å². The maximum absolute atomic E-state index is 12.2. The molecule has 1 rings (SSSR count). The highest BCUT2D eigenvalue weighted by atomic mass is 35.5. The van der Waals surface area contributed by atoms with E-state index in [0.29, 0.717) is 19.0 Å². The third-order valence-corrected chi connectivity index (χ3v) is 5.65. The van der Waals surface area contributed by atoms with Crippen molar-refractivity contribution in [1.82, 2.24) is 9.62 Å². The van der Waals surface area contributed by atoms with Gasteiger partial charge >= 0.3 is 0 Å². The van der Waals surface area contributed by atoms with Crippen LogP contribution in [0.5, 0.6) is 0 Å². The van der Waals surface area contributed by atoms with Crippen LogP contribution in [0.15, 0.2) is 0 Å². The lowest BCUT2D eigenvalue weighted by Gasteiger charge is -2.33. The van der Waals surface area contributed by atoms with Gasteiger partial charge in [0.05, 0.1) is 5.75 Å². The third-order valence-electron chi connectivity index (χ3n) is 3.27. The van der Waals surface area contributed by atoms with Gasteiger partial charge in [-0.1, -0.05) is 27.7 Å². The van der Waals surface area contributed by atoms with Gasteiger partial charge in [0.1, 0.15) is 0 Å². The zero-order valence-electron chi connectivity index (χ0n) is 12.6. The van der Waals surface area contributed by atoms with Crippen molar-refractivity contribution >= 4 is 22.4 Å². The molecule has 1 N–H and O–H groups in total. The number of hydrogen-bond donors (Lipinski definition) is 1. The number of nitrogens with one attached hydrogen (secondary N) is 1. The second kappa shape index (κ2) is 7.81. The topological polar surface area (TPSA) is 49.4 Å². The fourth-order valence-electron chi connectivity index (χ4n) is 2.38. The van der Waals surface area contributed by atoms with Gasteiger partial charge in [-0.3, -0.25) is 0 Å². The molecule has 1 heterocycles. The molecule has 1 saturated heterocycles. The largest absolute Gasteiger partial charge is 0.317 e. The second-order valence-electron chi connectivity index (χ2n) is 6.47. The van der Waals surface area contributed by atoms with Crippen LogP contribution in [0.1, 0.15) is 40.5 Å². The van der Waals surface area contributed by atoms with Crippen molar-refractivity contribution in [2.45, 2.75) is 40.5 Å². The van der Waals surface area contributed by atoms with Crippen LogP contribution < -0.4 is 5.32 Å². The van der Waals surface area contributed by atoms with E-state index in [9.17, 15) is 8.42 Å². The van der Waals surface area contributed by atoms with E-state index in [2.05, 4.69) is 12.2 Å². The fourth-order valence-corrected chi connectivity index (χ4v) is 4.42. The van der Waals surface area contributed by atoms with Gasteiger partial charge in [-0.2, -0.15) is 0 Å². The third kappa shape index (κ3) is 6.93. The van der Waals surface area contributed by atoms with Gasteiger partial charge in [-0.05, 0) is 37.3 Å². The number of halogens is 1. The Kier molecular flexibility index (Phi) is 7.88. The van der Waals surface area contributed by atoms with Crippen LogP contribution in [-0.2, 0) is 10.0 Å². The lowest BCUT2D eigenvalue weighted by atomic mass is 9.98. The molecule has 1 aliphatic heterocycles. The number of piperidine rings is 1. The number of sulfonamides is 1. The Morgan fingerprint density at radius 3 is 2.16 bits per heavy atom. The van der Waals surface area contributed by atoms with Gasteiger partial charge in [-0.15, -0.1) is 12.4 Å². The minimum Gasteiger partial charge on any atom is -0.317 e. The number of rotatable bonds is 5. The van der Waals surface area contributed by atoms with Gasteiger partial charge < -0.3 is 5.32 Å². The molecule has 0 saturated carbocycles. The molecule has 0 radical (unpaired) electrons. The molecule has 116 valence electrons. The average molecular weight is 313 g/mol. The first-order chi connectivity index (χ1) is 8.24. The van der Waals surface area contributed by atoms with Gasteiger partial charge in [0.15, 0.2) is 0 Å². The Morgan fingerprint density at radius 2 is 1.74 bits per heavy atom. The highest BCUT2D eigenvalue weighted by molar-refractivity contribution is 7.89. The zero-order chi connectivity index (χ0) is 13.8. The Hall–Kier alpha value is 0.160. The van der Waals surface area contributed by atoms with Crippen molar-refractivity contribution in [3.63, 3.8) is 0 Å². The van der Waals surface area contributed by atoms with E-state index in [4.69, 9.17) is 0 Å². The van der Waals surface area contributed by atoms with Crippen molar-refractivity contribution in [3.8, 4) is 0 Å². The maximum Gasteiger partial charge on any atom is 0.214 e. The van der Waals surface area contributed by atoms with E-state index in [1.54, 1.807) is 4.31 Å². The summed E-state index contributed by atoms with van der Waals surface area (Å²) in [7, 11) is -3.07. The molecule has 0 amide bonds. The molecule has 1 aliphatic rings. The molecule has 0 aromatic carbocycles. The Bertz CT molecular complexity index is 344. The van der Waals surface area contributed by atoms with Crippen molar-refractivity contribution in [2.24, 2.45) is 11.3 Å². The molecule has 4 nitrogen and oxygen atoms in total. The molecule has 1 fully saturated rings. The normalized spacial score (nSPS) is 19.2. The summed E-state index contributed by atoms with van der Waals surface area (Å²) in [6.45, 7) is 11.4. The van der Waals surface area contributed by atoms with E-state index >= 15 is 0 Å². The van der Waals surface area contributed by atoms with Crippen molar-refractivity contribution in [2.75, 3.05) is 31.9 Å². The molecular weight excluding hydrogens is 284 g/mol. The molecule has 0 aliphatic carbocycles. The molecule has 0 spiro atoms. The summed E-state index contributed by atoms with van der Waals surface area (Å²) >= 11 is 0. The van der Waals surface area contributed by atoms with Crippen molar-refractivity contribution in [1.29, 1.82) is 0 Å². The molecule has 6 heteroatoms. The highest BCUT2D eigenvalue weighted by Gasteiger charge is 2.31. The Labute approximate surface area is 124 Å². The maximum atomic E-state index is 12.2. The summed E-state index contributed by atoms with van der Waals surface area (Å²) < 4.78 is 26.1. The average Bonchev–Trinajstić information content (AvgIpc) is 2.23. The molecule has 0 bridgehead atoms. The predicted octanol–water partition coefficient (Wildman–Crippen LogP) is 2.11. The molecule has 19 heavy (non-hydrogen) atoms. The summed E-state index contributed by atoms with van der Waals surface area (Å²) in [5, 5.41) is 3.34. The molecule has 0 unspecified atom stereocenters. The van der Waals surface area contributed by atoms with E-state index in [1.807, 2.05) is 20.8 Å². The SMILES string of the molecule is CCNCC1CCN(S(=O)(=O)CC(C)(C)C)CC1.Cl. The van der Waals surface area contributed by atoms with Gasteiger partial charge in [0, 0.05) is 13.1 Å². The van der Waals surface area contributed by atoms with Crippen LogP contribution in [-0.4, -0.2) is 44.7 Å². The van der Waals surface area contributed by atoms with E-state index in [0.717, 1.165) is 25.9 Å². The van der Waals surface area contributed by atoms with Crippen LogP contribution in [0.3, 0.4) is 0 Å². The molecule has 0 atom stereocenters. The summed E-state index contributed by atoms with van der Waals surface area (Å²) in [6.07, 6.45) is 1.97. The van der Waals surface area contributed by atoms with Crippen LogP contribution in [0.25, 0.3) is 0 Å². The molecule has 0 aromatic rings. The summed E-state index contributed by atoms with van der Waals surface area (Å²) in [6, 6.07) is 0. The summed E-state index contributed by atoms with van der Waals surface area (Å²) in [4.78, 5) is 0. The van der Waals surface area contributed by atoms with E-state index < -0.39 is 10.0 Å². The number of hydrogen-bond acceptors (Lipinski definition) is 3. The van der Waals surface area contributed by atoms with Crippen molar-refractivity contribution < 1.29 is 8.42 Å². The van der Waals surface area contributed by atoms with E-state index in [-0.39, 0.29) is 23.6 Å². The van der Waals surface area contributed by atoms with Gasteiger partial charge in [-0.25, -0.2) is 12.7 Å². The van der Waals surface area contributed by atoms with Crippen LogP contribution >= 0.6 is 12.4 Å². The van der Waals surface area contributed by atoms with Gasteiger partial charge in [0.25, 0.3) is 0 Å². The first-order valence-corrected chi connectivity index (χ1v) is 8.54. The standard InChI is InChI=1S/C13H28N2O2S.ClH/c1-5-14-10-12-6-8-15(9-7-12)18(16,17)11-13(2,3)4;/h12,14H,5-11H2,1-4H3;1H. The quantitative estimate of drug-likeness (QED) is 0.846. The Balaban J connectivity index is 0.00000324. The predicted molar refractivity (Wildman–Crippen MR) is 83.3 cm³/mol. The summed E-state index contributed by atoms with van der Waals surface area (Å²) in [5.74, 6) is 0.878. The molecular formula is C13H29ClN2O2S. The summed E-state index contributed by atoms with van der Waals surface area (Å²) in [5.41, 5.74) is -0.167. The van der Waals surface area contributed by atoms with Gasteiger partial charge in [0.2, 0.25) is 10.0 Å². The van der Waals surface area contributed by atoms with Crippen LogP contribution in [0.2, 0.25) is 0 Å². The minimum atomic E-state index is -3.07. The second-order valence-corrected chi connectivity index (χ2v) is 8.44. The minimum absolute atomic E-state index is 0. The molecule has 0 aromatic heterocycles. The first-order valence-electron chi connectivity index (χ1n) is 6.93. The first kappa shape index (κ1) is 19.2. The number of nitrogens with zero attached hydrogens (tertiary/aromatic N) is 1. The van der Waals surface area contributed by atoms with Crippen LogP contribution in [0, 0.1) is 11.3 Å². The van der Waals surface area contributed by atoms with E-state index in [1.165, 1.54) is 0 Å². The highest BCUT2D eigenvalue weighted by Crippen LogP contribution is 2.23. The lowest BCUT2D eigenvalue weighted by molar-refractivity contribution is 0.265. The van der Waals surface area contributed by atoms with Crippen molar-refractivity contribution in [3.05, 3.63) is 0 Å².